The topological polar surface area (TPSA) is 63.1 Å². The minimum Gasteiger partial charge on any atom is -0.348 e. The zero-order chi connectivity index (χ0) is 20.4. The molecule has 0 fully saturated rings. The van der Waals surface area contributed by atoms with Crippen molar-refractivity contribution in [3.05, 3.63) is 47.7 Å². The van der Waals surface area contributed by atoms with Gasteiger partial charge >= 0.3 is 0 Å². The van der Waals surface area contributed by atoms with Crippen LogP contribution in [0.4, 0.5) is 0 Å². The predicted octanol–water partition coefficient (Wildman–Crippen LogP) is 3.67. The Morgan fingerprint density at radius 1 is 1.18 bits per heavy atom. The summed E-state index contributed by atoms with van der Waals surface area (Å²) in [5.74, 6) is -0.0987. The number of nitrogens with zero attached hydrogens (tertiary/aromatic N) is 4. The molecule has 2 heterocycles. The maximum Gasteiger partial charge on any atom is 0.252 e. The molecule has 148 valence electrons. The summed E-state index contributed by atoms with van der Waals surface area (Å²) in [4.78, 5) is 20.0. The van der Waals surface area contributed by atoms with Crippen LogP contribution >= 0.6 is 0 Å². The van der Waals surface area contributed by atoms with E-state index < -0.39 is 0 Å². The number of likely N-dealkylation sites (N-methyl/N-ethyl adjacent to an activating group) is 1. The molecule has 0 saturated carbocycles. The monoisotopic (exact) mass is 379 g/mol. The van der Waals surface area contributed by atoms with Crippen molar-refractivity contribution in [3.63, 3.8) is 0 Å². The lowest BCUT2D eigenvalue weighted by molar-refractivity contribution is 0.0936. The van der Waals surface area contributed by atoms with Crippen LogP contribution in [0.2, 0.25) is 0 Å². The number of benzene rings is 1. The minimum atomic E-state index is -0.0987. The van der Waals surface area contributed by atoms with Gasteiger partial charge in [-0.3, -0.25) is 4.79 Å². The molecule has 2 aromatic heterocycles. The van der Waals surface area contributed by atoms with Crippen molar-refractivity contribution < 1.29 is 4.79 Å². The van der Waals surface area contributed by atoms with Gasteiger partial charge < -0.3 is 10.2 Å². The molecule has 0 aliphatic rings. The van der Waals surface area contributed by atoms with Gasteiger partial charge in [-0.05, 0) is 47.9 Å². The molecule has 1 amide bonds. The van der Waals surface area contributed by atoms with E-state index in [1.807, 2.05) is 43.9 Å². The van der Waals surface area contributed by atoms with Crippen LogP contribution in [0.15, 0.2) is 36.5 Å². The summed E-state index contributed by atoms with van der Waals surface area (Å²) in [6.07, 6.45) is 1.74. The van der Waals surface area contributed by atoms with E-state index in [1.54, 1.807) is 6.20 Å². The molecule has 0 aliphatic carbocycles. The lowest BCUT2D eigenvalue weighted by Crippen LogP contribution is -2.39. The number of aromatic nitrogens is 3. The molecule has 3 rings (SSSR count). The van der Waals surface area contributed by atoms with Crippen LogP contribution in [0.1, 0.15) is 42.7 Å². The predicted molar refractivity (Wildman–Crippen MR) is 114 cm³/mol. The molecule has 1 atom stereocenters. The minimum absolute atomic E-state index is 0.0358. The molecule has 0 saturated heterocycles. The average Bonchev–Trinajstić information content (AvgIpc) is 3.04. The summed E-state index contributed by atoms with van der Waals surface area (Å²) >= 11 is 0. The van der Waals surface area contributed by atoms with E-state index in [-0.39, 0.29) is 18.0 Å². The van der Waals surface area contributed by atoms with Crippen molar-refractivity contribution in [2.45, 2.75) is 39.8 Å². The van der Waals surface area contributed by atoms with Crippen LogP contribution in [0.25, 0.3) is 22.3 Å². The van der Waals surface area contributed by atoms with Crippen LogP contribution in [0.5, 0.6) is 0 Å². The quantitative estimate of drug-likeness (QED) is 0.710. The van der Waals surface area contributed by atoms with Crippen molar-refractivity contribution in [3.8, 4) is 11.3 Å². The third-order valence-electron chi connectivity index (χ3n) is 4.66. The summed E-state index contributed by atoms with van der Waals surface area (Å²) in [7, 11) is 3.99. The highest BCUT2D eigenvalue weighted by Crippen LogP contribution is 2.26. The van der Waals surface area contributed by atoms with Gasteiger partial charge in [0.15, 0.2) is 5.65 Å². The molecule has 1 N–H and O–H groups in total. The van der Waals surface area contributed by atoms with E-state index in [9.17, 15) is 4.79 Å². The summed E-state index contributed by atoms with van der Waals surface area (Å²) in [5, 5.41) is 8.36. The SMILES string of the molecule is Cc1ccc(-c2cc(C(=O)N[C@@H](C)CN(C)C)c3cnn(C(C)C)c3n2)cc1. The lowest BCUT2D eigenvalue weighted by Gasteiger charge is -2.19. The van der Waals surface area contributed by atoms with Crippen LogP contribution in [-0.4, -0.2) is 52.3 Å². The first-order chi connectivity index (χ1) is 13.3. The number of hydrogen-bond acceptors (Lipinski definition) is 4. The smallest absolute Gasteiger partial charge is 0.252 e. The molecule has 28 heavy (non-hydrogen) atoms. The second kappa shape index (κ2) is 8.10. The van der Waals surface area contributed by atoms with Gasteiger partial charge in [-0.25, -0.2) is 9.67 Å². The summed E-state index contributed by atoms with van der Waals surface area (Å²) in [6.45, 7) is 8.96. The van der Waals surface area contributed by atoms with Gasteiger partial charge in [0.25, 0.3) is 5.91 Å². The van der Waals surface area contributed by atoms with Crippen molar-refractivity contribution in [1.29, 1.82) is 0 Å². The second-order valence-corrected chi connectivity index (χ2v) is 7.98. The van der Waals surface area contributed by atoms with E-state index in [2.05, 4.69) is 48.2 Å². The molecule has 0 bridgehead atoms. The zero-order valence-corrected chi connectivity index (χ0v) is 17.5. The van der Waals surface area contributed by atoms with Crippen LogP contribution in [-0.2, 0) is 0 Å². The highest BCUT2D eigenvalue weighted by Gasteiger charge is 2.19. The number of carbonyl (C=O) groups is 1. The van der Waals surface area contributed by atoms with E-state index in [0.717, 1.165) is 28.8 Å². The fourth-order valence-electron chi connectivity index (χ4n) is 3.35. The Hall–Kier alpha value is -2.73. The molecule has 0 spiro atoms. The first kappa shape index (κ1) is 20.0. The Morgan fingerprint density at radius 3 is 2.46 bits per heavy atom. The number of rotatable bonds is 6. The summed E-state index contributed by atoms with van der Waals surface area (Å²) in [6, 6.07) is 10.2. The van der Waals surface area contributed by atoms with E-state index in [0.29, 0.717) is 5.56 Å². The van der Waals surface area contributed by atoms with Crippen molar-refractivity contribution in [2.24, 2.45) is 0 Å². The fraction of sp³-hybridized carbons (Fsp3) is 0.409. The number of pyridine rings is 1. The number of nitrogens with one attached hydrogen (secondary N) is 1. The third kappa shape index (κ3) is 4.22. The molecule has 0 radical (unpaired) electrons. The Labute approximate surface area is 166 Å². The highest BCUT2D eigenvalue weighted by atomic mass is 16.1. The van der Waals surface area contributed by atoms with Gasteiger partial charge in [0.05, 0.1) is 22.8 Å². The van der Waals surface area contributed by atoms with Gasteiger partial charge in [-0.15, -0.1) is 0 Å². The molecule has 3 aromatic rings. The Balaban J connectivity index is 2.09. The van der Waals surface area contributed by atoms with Crippen molar-refractivity contribution in [2.75, 3.05) is 20.6 Å². The lowest BCUT2D eigenvalue weighted by atomic mass is 10.0. The highest BCUT2D eigenvalue weighted by molar-refractivity contribution is 6.06. The first-order valence-corrected chi connectivity index (χ1v) is 9.67. The Bertz CT molecular complexity index is 973. The number of aryl methyl sites for hydroxylation is 1. The maximum atomic E-state index is 13.1. The molecular formula is C22H29N5O. The second-order valence-electron chi connectivity index (χ2n) is 7.98. The molecule has 1 aromatic carbocycles. The number of amides is 1. The molecule has 6 heteroatoms. The normalized spacial score (nSPS) is 12.7. The Kier molecular flexibility index (Phi) is 5.79. The average molecular weight is 380 g/mol. The third-order valence-corrected chi connectivity index (χ3v) is 4.66. The van der Waals surface area contributed by atoms with E-state index in [4.69, 9.17) is 4.98 Å². The number of fused-ring (bicyclic) bond motifs is 1. The van der Waals surface area contributed by atoms with Gasteiger partial charge in [-0.1, -0.05) is 29.8 Å². The van der Waals surface area contributed by atoms with Crippen LogP contribution in [0, 0.1) is 6.92 Å². The molecule has 0 aliphatic heterocycles. The standard InChI is InChI=1S/C22H29N5O/c1-14(2)27-21-19(12-23-27)18(22(28)24-16(4)13-26(5)6)11-20(25-21)17-9-7-15(3)8-10-17/h7-12,14,16H,13H2,1-6H3,(H,24,28)/t16-/m0/s1. The Morgan fingerprint density at radius 2 is 1.86 bits per heavy atom. The van der Waals surface area contributed by atoms with Gasteiger partial charge in [0.1, 0.15) is 0 Å². The first-order valence-electron chi connectivity index (χ1n) is 9.67. The van der Waals surface area contributed by atoms with E-state index in [1.165, 1.54) is 5.56 Å². The van der Waals surface area contributed by atoms with Crippen molar-refractivity contribution >= 4 is 16.9 Å². The summed E-state index contributed by atoms with van der Waals surface area (Å²) < 4.78 is 1.87. The summed E-state index contributed by atoms with van der Waals surface area (Å²) in [5.41, 5.74) is 4.30. The van der Waals surface area contributed by atoms with Crippen molar-refractivity contribution in [1.82, 2.24) is 25.0 Å². The van der Waals surface area contributed by atoms with Crippen LogP contribution < -0.4 is 5.32 Å². The number of hydrogen-bond donors (Lipinski definition) is 1. The molecule has 0 unspecified atom stereocenters. The molecular weight excluding hydrogens is 350 g/mol. The fourth-order valence-corrected chi connectivity index (χ4v) is 3.35. The zero-order valence-electron chi connectivity index (χ0n) is 17.5. The van der Waals surface area contributed by atoms with Gasteiger partial charge in [-0.2, -0.15) is 5.10 Å². The maximum absolute atomic E-state index is 13.1. The van der Waals surface area contributed by atoms with E-state index >= 15 is 0 Å². The van der Waals surface area contributed by atoms with Gasteiger partial charge in [0.2, 0.25) is 0 Å². The van der Waals surface area contributed by atoms with Crippen LogP contribution in [0.3, 0.4) is 0 Å². The number of carbonyl (C=O) groups excluding carboxylic acids is 1. The van der Waals surface area contributed by atoms with Gasteiger partial charge in [0, 0.05) is 24.2 Å². The largest absolute Gasteiger partial charge is 0.348 e. The molecule has 6 nitrogen and oxygen atoms in total.